The third-order valence-electron chi connectivity index (χ3n) is 3.32. The fourth-order valence-electron chi connectivity index (χ4n) is 2.53. The van der Waals surface area contributed by atoms with Crippen molar-refractivity contribution in [1.29, 1.82) is 0 Å². The summed E-state index contributed by atoms with van der Waals surface area (Å²) in [4.78, 5) is 15.9. The summed E-state index contributed by atoms with van der Waals surface area (Å²) < 4.78 is 0. The number of fused-ring (bicyclic) bond motifs is 3. The summed E-state index contributed by atoms with van der Waals surface area (Å²) in [7, 11) is 0. The van der Waals surface area contributed by atoms with Crippen LogP contribution in [0.3, 0.4) is 0 Å². The van der Waals surface area contributed by atoms with Crippen LogP contribution in [0.4, 0.5) is 0 Å². The average Bonchev–Trinajstić information content (AvgIpc) is 2.69. The molecule has 0 radical (unpaired) electrons. The predicted molar refractivity (Wildman–Crippen MR) is 55.7 cm³/mol. The molecule has 15 heavy (non-hydrogen) atoms. The molecule has 2 aliphatic rings. The van der Waals surface area contributed by atoms with Gasteiger partial charge in [-0.05, 0) is 17.5 Å². The number of amides is 1. The molecular formula is C11H13N3O. The summed E-state index contributed by atoms with van der Waals surface area (Å²) in [6, 6.07) is 3.94. The second-order valence-electron chi connectivity index (χ2n) is 4.18. The zero-order valence-electron chi connectivity index (χ0n) is 8.36. The third kappa shape index (κ3) is 1.33. The molecular weight excluding hydrogens is 190 g/mol. The molecule has 4 nitrogen and oxygen atoms in total. The topological polar surface area (TPSA) is 54.0 Å². The number of carbonyl (C=O) groups excluding carboxylic acids is 1. The fourth-order valence-corrected chi connectivity index (χ4v) is 2.53. The van der Waals surface area contributed by atoms with Gasteiger partial charge in [0.25, 0.3) is 5.91 Å². The van der Waals surface area contributed by atoms with Crippen LogP contribution in [0, 0.1) is 5.92 Å². The van der Waals surface area contributed by atoms with Gasteiger partial charge < -0.3 is 10.6 Å². The van der Waals surface area contributed by atoms with Crippen LogP contribution >= 0.6 is 0 Å². The van der Waals surface area contributed by atoms with Gasteiger partial charge in [0.2, 0.25) is 0 Å². The van der Waals surface area contributed by atoms with Gasteiger partial charge in [0, 0.05) is 31.7 Å². The highest BCUT2D eigenvalue weighted by molar-refractivity contribution is 5.94. The maximum Gasteiger partial charge on any atom is 0.270 e. The molecule has 0 unspecified atom stereocenters. The lowest BCUT2D eigenvalue weighted by molar-refractivity contribution is 0.0947. The van der Waals surface area contributed by atoms with Gasteiger partial charge >= 0.3 is 0 Å². The Morgan fingerprint density at radius 2 is 2.27 bits per heavy atom. The number of hydrogen-bond donors (Lipinski definition) is 2. The van der Waals surface area contributed by atoms with Crippen LogP contribution < -0.4 is 10.6 Å². The van der Waals surface area contributed by atoms with Crippen molar-refractivity contribution in [3.8, 4) is 0 Å². The van der Waals surface area contributed by atoms with Crippen LogP contribution in [0.25, 0.3) is 0 Å². The van der Waals surface area contributed by atoms with Gasteiger partial charge in [-0.1, -0.05) is 6.07 Å². The van der Waals surface area contributed by atoms with Crippen LogP contribution in [-0.4, -0.2) is 30.5 Å². The van der Waals surface area contributed by atoms with Crippen LogP contribution in [-0.2, 0) is 0 Å². The second-order valence-corrected chi connectivity index (χ2v) is 4.18. The monoisotopic (exact) mass is 203 g/mol. The Balaban J connectivity index is 2.11. The molecule has 78 valence electrons. The average molecular weight is 203 g/mol. The highest BCUT2D eigenvalue weighted by atomic mass is 16.1. The minimum absolute atomic E-state index is 0.0278. The van der Waals surface area contributed by atoms with Gasteiger partial charge in [-0.15, -0.1) is 0 Å². The van der Waals surface area contributed by atoms with Gasteiger partial charge in [0.05, 0.1) is 0 Å². The van der Waals surface area contributed by atoms with Crippen molar-refractivity contribution >= 4 is 5.91 Å². The van der Waals surface area contributed by atoms with Crippen LogP contribution in [0.5, 0.6) is 0 Å². The number of nitrogens with zero attached hydrogens (tertiary/aromatic N) is 1. The molecule has 2 N–H and O–H groups in total. The minimum atomic E-state index is -0.0278. The van der Waals surface area contributed by atoms with Crippen molar-refractivity contribution in [1.82, 2.24) is 15.6 Å². The maximum atomic E-state index is 11.7. The first kappa shape index (κ1) is 8.85. The van der Waals surface area contributed by atoms with Crippen LogP contribution in [0.2, 0.25) is 0 Å². The molecule has 3 heterocycles. The lowest BCUT2D eigenvalue weighted by atomic mass is 9.89. The molecule has 0 saturated carbocycles. The Morgan fingerprint density at radius 1 is 1.33 bits per heavy atom. The minimum Gasteiger partial charge on any atom is -0.350 e. The second kappa shape index (κ2) is 3.31. The molecule has 0 spiro atoms. The van der Waals surface area contributed by atoms with E-state index < -0.39 is 0 Å². The smallest absolute Gasteiger partial charge is 0.270 e. The van der Waals surface area contributed by atoms with E-state index in [4.69, 9.17) is 0 Å². The normalized spacial score (nSPS) is 28.9. The van der Waals surface area contributed by atoms with Crippen molar-refractivity contribution in [2.45, 2.75) is 5.92 Å². The first-order valence-electron chi connectivity index (χ1n) is 5.30. The summed E-state index contributed by atoms with van der Waals surface area (Å²) in [5, 5.41) is 6.30. The predicted octanol–water partition coefficient (Wildman–Crippen LogP) is 0.128. The number of aromatic nitrogens is 1. The Kier molecular flexibility index (Phi) is 1.95. The van der Waals surface area contributed by atoms with E-state index in [-0.39, 0.29) is 5.91 Å². The summed E-state index contributed by atoms with van der Waals surface area (Å²) in [6.07, 6.45) is 1.68. The Labute approximate surface area is 88.1 Å². The van der Waals surface area contributed by atoms with E-state index in [2.05, 4.69) is 15.6 Å². The highest BCUT2D eigenvalue weighted by Gasteiger charge is 2.34. The first-order chi connectivity index (χ1) is 7.36. The van der Waals surface area contributed by atoms with Crippen molar-refractivity contribution < 1.29 is 4.79 Å². The molecule has 1 aromatic rings. The molecule has 1 fully saturated rings. The molecule has 2 atom stereocenters. The largest absolute Gasteiger partial charge is 0.350 e. The molecule has 4 heteroatoms. The number of hydrogen-bond acceptors (Lipinski definition) is 3. The van der Waals surface area contributed by atoms with Crippen molar-refractivity contribution in [2.75, 3.05) is 19.6 Å². The summed E-state index contributed by atoms with van der Waals surface area (Å²) in [6.45, 7) is 2.70. The lowest BCUT2D eigenvalue weighted by Crippen LogP contribution is -2.29. The molecule has 0 aliphatic carbocycles. The molecule has 2 aliphatic heterocycles. The van der Waals surface area contributed by atoms with Gasteiger partial charge in [0.15, 0.2) is 0 Å². The Hall–Kier alpha value is -1.42. The molecule has 0 aromatic carbocycles. The van der Waals surface area contributed by atoms with Gasteiger partial charge in [-0.2, -0.15) is 0 Å². The molecule has 3 rings (SSSR count). The van der Waals surface area contributed by atoms with E-state index in [1.165, 1.54) is 0 Å². The van der Waals surface area contributed by atoms with E-state index >= 15 is 0 Å². The van der Waals surface area contributed by atoms with E-state index in [9.17, 15) is 4.79 Å². The highest BCUT2D eigenvalue weighted by Crippen LogP contribution is 2.31. The first-order valence-corrected chi connectivity index (χ1v) is 5.30. The summed E-state index contributed by atoms with van der Waals surface area (Å²) in [5.74, 6) is 0.923. The Bertz CT molecular complexity index is 405. The quantitative estimate of drug-likeness (QED) is 0.630. The molecule has 1 aromatic heterocycles. The van der Waals surface area contributed by atoms with E-state index in [0.717, 1.165) is 25.2 Å². The maximum absolute atomic E-state index is 11.7. The number of nitrogens with one attached hydrogen (secondary N) is 2. The molecule has 1 saturated heterocycles. The summed E-state index contributed by atoms with van der Waals surface area (Å²) in [5.41, 5.74) is 1.70. The fraction of sp³-hybridized carbons (Fsp3) is 0.455. The number of carbonyl (C=O) groups is 1. The zero-order valence-corrected chi connectivity index (χ0v) is 8.36. The number of pyridine rings is 1. The SMILES string of the molecule is O=C1NC[C@H]2CNC[C@@H]2c2cccnc21. The van der Waals surface area contributed by atoms with Gasteiger partial charge in [0.1, 0.15) is 5.69 Å². The number of rotatable bonds is 0. The van der Waals surface area contributed by atoms with E-state index in [1.807, 2.05) is 12.1 Å². The van der Waals surface area contributed by atoms with E-state index in [0.29, 0.717) is 17.5 Å². The summed E-state index contributed by atoms with van der Waals surface area (Å²) >= 11 is 0. The van der Waals surface area contributed by atoms with E-state index in [1.54, 1.807) is 6.20 Å². The van der Waals surface area contributed by atoms with Crippen molar-refractivity contribution in [2.24, 2.45) is 5.92 Å². The van der Waals surface area contributed by atoms with Crippen molar-refractivity contribution in [3.63, 3.8) is 0 Å². The van der Waals surface area contributed by atoms with Crippen molar-refractivity contribution in [3.05, 3.63) is 29.6 Å². The molecule has 1 amide bonds. The standard InChI is InChI=1S/C11H13N3O/c15-11-10-8(2-1-3-13-10)9-6-12-4-7(9)5-14-11/h1-3,7,9,12H,4-6H2,(H,14,15)/t7-,9+/m1/s1. The Morgan fingerprint density at radius 3 is 3.20 bits per heavy atom. The molecule has 0 bridgehead atoms. The van der Waals surface area contributed by atoms with Gasteiger partial charge in [-0.25, -0.2) is 0 Å². The zero-order chi connectivity index (χ0) is 10.3. The van der Waals surface area contributed by atoms with Crippen LogP contribution in [0.15, 0.2) is 18.3 Å². The third-order valence-corrected chi connectivity index (χ3v) is 3.32. The lowest BCUT2D eigenvalue weighted by Gasteiger charge is -2.15. The van der Waals surface area contributed by atoms with Crippen LogP contribution in [0.1, 0.15) is 22.0 Å². The van der Waals surface area contributed by atoms with Gasteiger partial charge in [-0.3, -0.25) is 9.78 Å².